The topological polar surface area (TPSA) is 67.9 Å². The molecule has 7 heteroatoms. The maximum Gasteiger partial charge on any atom is 0.326 e. The molecule has 39 heavy (non-hydrogen) atoms. The van der Waals surface area contributed by atoms with Crippen molar-refractivity contribution in [3.8, 4) is 5.75 Å². The Kier molecular flexibility index (Phi) is 10.0. The molecule has 0 spiro atoms. The zero-order chi connectivity index (χ0) is 27.5. The number of amides is 2. The van der Waals surface area contributed by atoms with Crippen molar-refractivity contribution in [2.24, 2.45) is 0 Å². The zero-order valence-corrected chi connectivity index (χ0v) is 22.9. The molecule has 0 aromatic heterocycles. The van der Waals surface area contributed by atoms with Crippen molar-refractivity contribution in [1.82, 2.24) is 0 Å². The Morgan fingerprint density at radius 3 is 2.26 bits per heavy atom. The Balaban J connectivity index is 1.50. The van der Waals surface area contributed by atoms with Crippen molar-refractivity contribution in [1.29, 1.82) is 0 Å². The van der Waals surface area contributed by atoms with Crippen LogP contribution >= 0.6 is 11.8 Å². The van der Waals surface area contributed by atoms with Crippen LogP contribution in [0.5, 0.6) is 5.75 Å². The average Bonchev–Trinajstić information content (AvgIpc) is 2.95. The van der Waals surface area contributed by atoms with Gasteiger partial charge in [-0.15, -0.1) is 0 Å². The van der Waals surface area contributed by atoms with Crippen LogP contribution in [0, 0.1) is 0 Å². The number of nitrogens with one attached hydrogen (secondary N) is 1. The first kappa shape index (κ1) is 27.8. The van der Waals surface area contributed by atoms with Gasteiger partial charge in [-0.2, -0.15) is 0 Å². The van der Waals surface area contributed by atoms with Crippen molar-refractivity contribution in [2.45, 2.75) is 29.6 Å². The van der Waals surface area contributed by atoms with Gasteiger partial charge in [-0.25, -0.2) is 4.79 Å². The molecule has 0 aliphatic carbocycles. The summed E-state index contributed by atoms with van der Waals surface area (Å²) in [6.07, 6.45) is 0.976. The van der Waals surface area contributed by atoms with Gasteiger partial charge in [-0.1, -0.05) is 60.3 Å². The lowest BCUT2D eigenvalue weighted by molar-refractivity contribution is -0.142. The van der Waals surface area contributed by atoms with Crippen LogP contribution in [0.1, 0.15) is 18.1 Å². The molecule has 2 amide bonds. The van der Waals surface area contributed by atoms with Gasteiger partial charge in [-0.05, 0) is 79.1 Å². The number of methoxy groups -OCH3 is 1. The lowest BCUT2D eigenvalue weighted by atomic mass is 10.1. The number of esters is 1. The molecule has 4 rings (SSSR count). The molecule has 1 N–H and O–H groups in total. The maximum atomic E-state index is 13.5. The van der Waals surface area contributed by atoms with Crippen LogP contribution in [0.4, 0.5) is 16.2 Å². The molecule has 0 saturated carbocycles. The summed E-state index contributed by atoms with van der Waals surface area (Å²) in [5.74, 6) is 0.502. The smallest absolute Gasteiger partial charge is 0.326 e. The van der Waals surface area contributed by atoms with Crippen LogP contribution in [-0.2, 0) is 22.4 Å². The minimum absolute atomic E-state index is 0.207. The van der Waals surface area contributed by atoms with Crippen LogP contribution in [0.15, 0.2) is 113 Å². The molecular weight excluding hydrogens is 508 g/mol. The van der Waals surface area contributed by atoms with E-state index in [1.54, 1.807) is 30.7 Å². The number of carbonyl (C=O) groups is 2. The van der Waals surface area contributed by atoms with E-state index in [1.807, 2.05) is 91.0 Å². The standard InChI is InChI=1S/C32H32N2O4S/c1-3-38-31(35)22-25-12-18-29(19-13-25)39-30-11-7-10-27(23-30)34(21-20-24-8-5-4-6-9-24)32(36)33-26-14-16-28(37-2)17-15-26/h4-19,23H,3,20-22H2,1-2H3,(H,33,36). The van der Waals surface area contributed by atoms with E-state index in [0.29, 0.717) is 18.8 Å². The molecule has 0 saturated heterocycles. The summed E-state index contributed by atoms with van der Waals surface area (Å²) in [7, 11) is 1.61. The summed E-state index contributed by atoms with van der Waals surface area (Å²) >= 11 is 1.60. The minimum Gasteiger partial charge on any atom is -0.497 e. The molecule has 0 heterocycles. The molecule has 0 aliphatic heterocycles. The number of benzene rings is 4. The minimum atomic E-state index is -0.228. The molecule has 6 nitrogen and oxygen atoms in total. The van der Waals surface area contributed by atoms with Gasteiger partial charge in [0.1, 0.15) is 5.75 Å². The summed E-state index contributed by atoms with van der Waals surface area (Å²) in [6.45, 7) is 2.70. The summed E-state index contributed by atoms with van der Waals surface area (Å²) in [5.41, 5.74) is 3.57. The molecule has 0 aliphatic rings. The molecule has 200 valence electrons. The Hall–Kier alpha value is -4.23. The van der Waals surface area contributed by atoms with Crippen molar-refractivity contribution in [3.63, 3.8) is 0 Å². The predicted octanol–water partition coefficient (Wildman–Crippen LogP) is 7.23. The van der Waals surface area contributed by atoms with Gasteiger partial charge in [0, 0.05) is 27.7 Å². The van der Waals surface area contributed by atoms with E-state index >= 15 is 0 Å². The fraction of sp³-hybridized carbons (Fsp3) is 0.188. The van der Waals surface area contributed by atoms with E-state index in [2.05, 4.69) is 17.4 Å². The normalized spacial score (nSPS) is 10.5. The molecule has 0 bridgehead atoms. The number of hydrogen-bond acceptors (Lipinski definition) is 5. The van der Waals surface area contributed by atoms with E-state index < -0.39 is 0 Å². The number of anilines is 2. The molecule has 0 unspecified atom stereocenters. The number of hydrogen-bond donors (Lipinski definition) is 1. The highest BCUT2D eigenvalue weighted by atomic mass is 32.2. The van der Waals surface area contributed by atoms with Crippen LogP contribution in [0.25, 0.3) is 0 Å². The van der Waals surface area contributed by atoms with Gasteiger partial charge in [-0.3, -0.25) is 9.69 Å². The molecule has 0 radical (unpaired) electrons. The van der Waals surface area contributed by atoms with Gasteiger partial charge in [0.2, 0.25) is 0 Å². The fourth-order valence-corrected chi connectivity index (χ4v) is 4.87. The predicted molar refractivity (Wildman–Crippen MR) is 157 cm³/mol. The number of urea groups is 1. The molecular formula is C32H32N2O4S. The molecule has 4 aromatic rings. The van der Waals surface area contributed by atoms with Crippen LogP contribution in [-0.4, -0.2) is 32.3 Å². The van der Waals surface area contributed by atoms with E-state index in [-0.39, 0.29) is 18.4 Å². The van der Waals surface area contributed by atoms with Crippen molar-refractivity contribution >= 4 is 35.1 Å². The Labute approximate surface area is 234 Å². The Morgan fingerprint density at radius 2 is 1.56 bits per heavy atom. The van der Waals surface area contributed by atoms with Crippen molar-refractivity contribution < 1.29 is 19.1 Å². The first-order chi connectivity index (χ1) is 19.0. The van der Waals surface area contributed by atoms with E-state index in [1.165, 1.54) is 0 Å². The number of nitrogens with zero attached hydrogens (tertiary/aromatic N) is 1. The first-order valence-electron chi connectivity index (χ1n) is 12.8. The van der Waals surface area contributed by atoms with Gasteiger partial charge in [0.15, 0.2) is 0 Å². The second kappa shape index (κ2) is 14.1. The van der Waals surface area contributed by atoms with Crippen molar-refractivity contribution in [2.75, 3.05) is 30.5 Å². The highest BCUT2D eigenvalue weighted by Crippen LogP contribution is 2.31. The summed E-state index contributed by atoms with van der Waals surface area (Å²) in [5, 5.41) is 3.01. The van der Waals surface area contributed by atoms with Gasteiger partial charge in [0.25, 0.3) is 0 Å². The third-order valence-electron chi connectivity index (χ3n) is 6.00. The lowest BCUT2D eigenvalue weighted by Gasteiger charge is -2.24. The summed E-state index contributed by atoms with van der Waals surface area (Å²) in [4.78, 5) is 29.0. The molecule has 0 fully saturated rings. The largest absolute Gasteiger partial charge is 0.497 e. The highest BCUT2D eigenvalue weighted by Gasteiger charge is 2.17. The molecule has 0 atom stereocenters. The number of carbonyl (C=O) groups excluding carboxylic acids is 2. The van der Waals surface area contributed by atoms with E-state index in [0.717, 1.165) is 38.8 Å². The number of ether oxygens (including phenoxy) is 2. The summed E-state index contributed by atoms with van der Waals surface area (Å²) in [6, 6.07) is 33.0. The van der Waals surface area contributed by atoms with Gasteiger partial charge in [0.05, 0.1) is 20.1 Å². The van der Waals surface area contributed by atoms with E-state index in [9.17, 15) is 9.59 Å². The Morgan fingerprint density at radius 1 is 0.821 bits per heavy atom. The Bertz CT molecular complexity index is 1360. The quantitative estimate of drug-likeness (QED) is 0.203. The second-order valence-corrected chi connectivity index (χ2v) is 9.92. The van der Waals surface area contributed by atoms with Gasteiger partial charge < -0.3 is 14.8 Å². The fourth-order valence-electron chi connectivity index (χ4n) is 4.00. The van der Waals surface area contributed by atoms with Crippen LogP contribution in [0.3, 0.4) is 0 Å². The second-order valence-electron chi connectivity index (χ2n) is 8.77. The first-order valence-corrected chi connectivity index (χ1v) is 13.6. The SMILES string of the molecule is CCOC(=O)Cc1ccc(Sc2cccc(N(CCc3ccccc3)C(=O)Nc3ccc(OC)cc3)c2)cc1. The lowest BCUT2D eigenvalue weighted by Crippen LogP contribution is -2.36. The third-order valence-corrected chi connectivity index (χ3v) is 6.99. The maximum absolute atomic E-state index is 13.5. The molecule has 4 aromatic carbocycles. The zero-order valence-electron chi connectivity index (χ0n) is 22.1. The van der Waals surface area contributed by atoms with Crippen molar-refractivity contribution in [3.05, 3.63) is 114 Å². The van der Waals surface area contributed by atoms with E-state index in [4.69, 9.17) is 9.47 Å². The van der Waals surface area contributed by atoms with Gasteiger partial charge >= 0.3 is 12.0 Å². The van der Waals surface area contributed by atoms with Crippen LogP contribution in [0.2, 0.25) is 0 Å². The summed E-state index contributed by atoms with van der Waals surface area (Å²) < 4.78 is 10.3. The highest BCUT2D eigenvalue weighted by molar-refractivity contribution is 7.99. The van der Waals surface area contributed by atoms with Crippen LogP contribution < -0.4 is 15.0 Å². The monoisotopic (exact) mass is 540 g/mol. The average molecular weight is 541 g/mol. The third kappa shape index (κ3) is 8.38. The number of rotatable bonds is 11.